The van der Waals surface area contributed by atoms with Crippen LogP contribution in [0.15, 0.2) is 48.5 Å². The van der Waals surface area contributed by atoms with E-state index in [2.05, 4.69) is 10.2 Å². The standard InChI is InChI=1S/C19H22N2O4/c1-23-18-8-7-15(21-9-11-24-12-10-21)13-17(18)20-19(22)14-25-16-5-3-2-4-6-16/h2-8,13H,9-12,14H2,1H3,(H,20,22). The minimum absolute atomic E-state index is 0.0606. The zero-order valence-electron chi connectivity index (χ0n) is 14.2. The number of rotatable bonds is 6. The van der Waals surface area contributed by atoms with Gasteiger partial charge in [-0.1, -0.05) is 18.2 Å². The number of morpholine rings is 1. The first-order valence-electron chi connectivity index (χ1n) is 8.24. The SMILES string of the molecule is COc1ccc(N2CCOCC2)cc1NC(=O)COc1ccccc1. The molecule has 1 saturated heterocycles. The molecule has 1 aliphatic heterocycles. The monoisotopic (exact) mass is 342 g/mol. The highest BCUT2D eigenvalue weighted by Gasteiger charge is 2.15. The van der Waals surface area contributed by atoms with Crippen LogP contribution in [0, 0.1) is 0 Å². The highest BCUT2D eigenvalue weighted by molar-refractivity contribution is 5.94. The first-order chi connectivity index (χ1) is 12.3. The number of hydrogen-bond donors (Lipinski definition) is 1. The van der Waals surface area contributed by atoms with Crippen LogP contribution in [0.25, 0.3) is 0 Å². The lowest BCUT2D eigenvalue weighted by Gasteiger charge is -2.29. The van der Waals surface area contributed by atoms with E-state index in [9.17, 15) is 4.79 Å². The third kappa shape index (κ3) is 4.64. The molecule has 0 unspecified atom stereocenters. The van der Waals surface area contributed by atoms with Crippen LogP contribution in [0.3, 0.4) is 0 Å². The first-order valence-corrected chi connectivity index (χ1v) is 8.24. The molecule has 2 aromatic carbocycles. The van der Waals surface area contributed by atoms with E-state index in [-0.39, 0.29) is 12.5 Å². The molecule has 0 spiro atoms. The minimum Gasteiger partial charge on any atom is -0.495 e. The van der Waals surface area contributed by atoms with Crippen molar-refractivity contribution in [2.45, 2.75) is 0 Å². The number of hydrogen-bond acceptors (Lipinski definition) is 5. The van der Waals surface area contributed by atoms with E-state index in [1.54, 1.807) is 7.11 Å². The number of nitrogens with one attached hydrogen (secondary N) is 1. The van der Waals surface area contributed by atoms with Crippen molar-refractivity contribution in [1.29, 1.82) is 0 Å². The van der Waals surface area contributed by atoms with Crippen LogP contribution in [0.5, 0.6) is 11.5 Å². The summed E-state index contributed by atoms with van der Waals surface area (Å²) < 4.78 is 16.2. The second kappa shape index (κ2) is 8.39. The molecule has 132 valence electrons. The second-order valence-corrected chi connectivity index (χ2v) is 5.63. The second-order valence-electron chi connectivity index (χ2n) is 5.63. The zero-order valence-corrected chi connectivity index (χ0v) is 14.2. The van der Waals surface area contributed by atoms with Crippen molar-refractivity contribution in [2.75, 3.05) is 50.2 Å². The molecule has 6 nitrogen and oxygen atoms in total. The zero-order chi connectivity index (χ0) is 17.5. The summed E-state index contributed by atoms with van der Waals surface area (Å²) in [6.07, 6.45) is 0. The van der Waals surface area contributed by atoms with E-state index in [4.69, 9.17) is 14.2 Å². The van der Waals surface area contributed by atoms with Crippen molar-refractivity contribution in [3.05, 3.63) is 48.5 Å². The summed E-state index contributed by atoms with van der Waals surface area (Å²) in [5, 5.41) is 2.86. The van der Waals surface area contributed by atoms with Gasteiger partial charge in [0, 0.05) is 18.8 Å². The average molecular weight is 342 g/mol. The van der Waals surface area contributed by atoms with Gasteiger partial charge in [-0.15, -0.1) is 0 Å². The molecule has 1 aliphatic rings. The summed E-state index contributed by atoms with van der Waals surface area (Å²) in [7, 11) is 1.58. The molecule has 3 rings (SSSR count). The molecular weight excluding hydrogens is 320 g/mol. The van der Waals surface area contributed by atoms with E-state index in [1.807, 2.05) is 48.5 Å². The summed E-state index contributed by atoms with van der Waals surface area (Å²) in [6.45, 7) is 3.01. The van der Waals surface area contributed by atoms with Gasteiger partial charge in [0.1, 0.15) is 11.5 Å². The van der Waals surface area contributed by atoms with E-state index in [1.165, 1.54) is 0 Å². The van der Waals surface area contributed by atoms with E-state index in [0.717, 1.165) is 18.8 Å². The number of methoxy groups -OCH3 is 1. The van der Waals surface area contributed by atoms with Crippen LogP contribution in [0.4, 0.5) is 11.4 Å². The molecule has 1 fully saturated rings. The van der Waals surface area contributed by atoms with Gasteiger partial charge in [-0.25, -0.2) is 0 Å². The number of benzene rings is 2. The fraction of sp³-hybridized carbons (Fsp3) is 0.316. The maximum absolute atomic E-state index is 12.2. The molecule has 0 aromatic heterocycles. The molecule has 1 N–H and O–H groups in total. The van der Waals surface area contributed by atoms with Crippen molar-refractivity contribution >= 4 is 17.3 Å². The molecule has 0 aliphatic carbocycles. The number of amides is 1. The van der Waals surface area contributed by atoms with Crippen LogP contribution >= 0.6 is 0 Å². The Hall–Kier alpha value is -2.73. The predicted octanol–water partition coefficient (Wildman–Crippen LogP) is 2.55. The van der Waals surface area contributed by atoms with Gasteiger partial charge in [-0.05, 0) is 30.3 Å². The Morgan fingerprint density at radius 3 is 2.64 bits per heavy atom. The van der Waals surface area contributed by atoms with Crippen molar-refractivity contribution < 1.29 is 19.0 Å². The summed E-state index contributed by atoms with van der Waals surface area (Å²) in [5.41, 5.74) is 1.66. The van der Waals surface area contributed by atoms with Gasteiger partial charge in [0.2, 0.25) is 0 Å². The molecule has 6 heteroatoms. The molecule has 1 heterocycles. The Balaban J connectivity index is 1.66. The van der Waals surface area contributed by atoms with Gasteiger partial charge in [0.05, 0.1) is 26.0 Å². The lowest BCUT2D eigenvalue weighted by atomic mass is 10.2. The Morgan fingerprint density at radius 2 is 1.92 bits per heavy atom. The fourth-order valence-corrected chi connectivity index (χ4v) is 2.66. The third-order valence-corrected chi connectivity index (χ3v) is 3.95. The number of ether oxygens (including phenoxy) is 3. The van der Waals surface area contributed by atoms with Crippen molar-refractivity contribution in [1.82, 2.24) is 0 Å². The van der Waals surface area contributed by atoms with E-state index in [0.29, 0.717) is 30.4 Å². The Morgan fingerprint density at radius 1 is 1.16 bits per heavy atom. The Kier molecular flexibility index (Phi) is 5.74. The maximum Gasteiger partial charge on any atom is 0.262 e. The van der Waals surface area contributed by atoms with Crippen LogP contribution in [-0.2, 0) is 9.53 Å². The van der Waals surface area contributed by atoms with Gasteiger partial charge in [0.15, 0.2) is 6.61 Å². The van der Waals surface area contributed by atoms with Crippen LogP contribution < -0.4 is 19.7 Å². The summed E-state index contributed by atoms with van der Waals surface area (Å²) in [5.74, 6) is 1.04. The number of carbonyl (C=O) groups is 1. The summed E-state index contributed by atoms with van der Waals surface area (Å²) in [6, 6.07) is 15.0. The van der Waals surface area contributed by atoms with Crippen LogP contribution in [0.1, 0.15) is 0 Å². The van der Waals surface area contributed by atoms with Gasteiger partial charge in [-0.2, -0.15) is 0 Å². The Bertz CT molecular complexity index is 700. The van der Waals surface area contributed by atoms with E-state index >= 15 is 0 Å². The molecule has 0 radical (unpaired) electrons. The van der Waals surface area contributed by atoms with Crippen LogP contribution in [0.2, 0.25) is 0 Å². The van der Waals surface area contributed by atoms with Crippen LogP contribution in [-0.4, -0.2) is 45.9 Å². The molecule has 0 saturated carbocycles. The molecule has 0 bridgehead atoms. The van der Waals surface area contributed by atoms with Gasteiger partial charge in [0.25, 0.3) is 5.91 Å². The smallest absolute Gasteiger partial charge is 0.262 e. The quantitative estimate of drug-likeness (QED) is 0.874. The van der Waals surface area contributed by atoms with Gasteiger partial charge >= 0.3 is 0 Å². The lowest BCUT2D eigenvalue weighted by Crippen LogP contribution is -2.36. The summed E-state index contributed by atoms with van der Waals surface area (Å²) >= 11 is 0. The number of para-hydroxylation sites is 1. The highest BCUT2D eigenvalue weighted by Crippen LogP contribution is 2.30. The number of nitrogens with zero attached hydrogens (tertiary/aromatic N) is 1. The first kappa shape index (κ1) is 17.1. The summed E-state index contributed by atoms with van der Waals surface area (Å²) in [4.78, 5) is 14.4. The number of anilines is 2. The topological polar surface area (TPSA) is 60.0 Å². The molecule has 0 atom stereocenters. The molecule has 25 heavy (non-hydrogen) atoms. The fourth-order valence-electron chi connectivity index (χ4n) is 2.66. The van der Waals surface area contributed by atoms with Crippen molar-refractivity contribution in [2.24, 2.45) is 0 Å². The van der Waals surface area contributed by atoms with Gasteiger partial charge in [-0.3, -0.25) is 4.79 Å². The van der Waals surface area contributed by atoms with Crippen molar-refractivity contribution in [3.8, 4) is 11.5 Å². The third-order valence-electron chi connectivity index (χ3n) is 3.95. The van der Waals surface area contributed by atoms with E-state index < -0.39 is 0 Å². The van der Waals surface area contributed by atoms with Gasteiger partial charge < -0.3 is 24.4 Å². The number of carbonyl (C=O) groups excluding carboxylic acids is 1. The Labute approximate surface area is 147 Å². The normalized spacial score (nSPS) is 14.0. The highest BCUT2D eigenvalue weighted by atomic mass is 16.5. The predicted molar refractivity (Wildman–Crippen MR) is 96.6 cm³/mol. The lowest BCUT2D eigenvalue weighted by molar-refractivity contribution is -0.118. The van der Waals surface area contributed by atoms with Crippen molar-refractivity contribution in [3.63, 3.8) is 0 Å². The largest absolute Gasteiger partial charge is 0.495 e. The molecule has 2 aromatic rings. The average Bonchev–Trinajstić information content (AvgIpc) is 2.68. The molecule has 1 amide bonds. The maximum atomic E-state index is 12.2. The molecular formula is C19H22N2O4. The minimum atomic E-state index is -0.235.